The minimum atomic E-state index is -0.228. The van der Waals surface area contributed by atoms with E-state index in [9.17, 15) is 9.59 Å². The predicted octanol–water partition coefficient (Wildman–Crippen LogP) is 1.65. The molecule has 0 aromatic heterocycles. The van der Waals surface area contributed by atoms with Gasteiger partial charge in [-0.05, 0) is 48.9 Å². The van der Waals surface area contributed by atoms with Gasteiger partial charge >= 0.3 is 0 Å². The van der Waals surface area contributed by atoms with Gasteiger partial charge in [-0.25, -0.2) is 0 Å². The maximum Gasteiger partial charge on any atom is 0.226 e. The van der Waals surface area contributed by atoms with Crippen molar-refractivity contribution in [3.8, 4) is 0 Å². The first kappa shape index (κ1) is 15.6. The van der Waals surface area contributed by atoms with Gasteiger partial charge in [-0.15, -0.1) is 0 Å². The van der Waals surface area contributed by atoms with Crippen molar-refractivity contribution >= 4 is 25.9 Å². The van der Waals surface area contributed by atoms with E-state index >= 15 is 0 Å². The van der Waals surface area contributed by atoms with Crippen molar-refractivity contribution in [2.45, 2.75) is 39.0 Å². The van der Waals surface area contributed by atoms with Crippen molar-refractivity contribution in [1.82, 2.24) is 5.32 Å². The molecule has 1 fully saturated rings. The quantitative estimate of drug-likeness (QED) is 0.829. The predicted molar refractivity (Wildman–Crippen MR) is 83.2 cm³/mol. The summed E-state index contributed by atoms with van der Waals surface area (Å²) >= 11 is 0. The van der Waals surface area contributed by atoms with Gasteiger partial charge in [0.15, 0.2) is 0 Å². The Morgan fingerprint density at radius 3 is 2.76 bits per heavy atom. The molecule has 3 rings (SSSR count). The first-order chi connectivity index (χ1) is 9.63. The molecule has 4 nitrogen and oxygen atoms in total. The second kappa shape index (κ2) is 5.92. The highest BCUT2D eigenvalue weighted by atomic mass is 16.2. The van der Waals surface area contributed by atoms with E-state index in [1.165, 1.54) is 11.1 Å². The highest BCUT2D eigenvalue weighted by Gasteiger charge is 2.46. The van der Waals surface area contributed by atoms with E-state index in [-0.39, 0.29) is 25.6 Å². The summed E-state index contributed by atoms with van der Waals surface area (Å²) in [4.78, 5) is 23.7. The second-order valence-electron chi connectivity index (χ2n) is 5.92. The zero-order valence-corrected chi connectivity index (χ0v) is 12.4. The van der Waals surface area contributed by atoms with Crippen LogP contribution in [-0.2, 0) is 22.4 Å². The lowest BCUT2D eigenvalue weighted by Crippen LogP contribution is -2.31. The molecule has 5 heteroatoms. The normalized spacial score (nSPS) is 22.6. The smallest absolute Gasteiger partial charge is 0.226 e. The summed E-state index contributed by atoms with van der Waals surface area (Å²) < 4.78 is 0. The molecule has 2 aliphatic rings. The van der Waals surface area contributed by atoms with Gasteiger partial charge in [0.25, 0.3) is 0 Å². The van der Waals surface area contributed by atoms with Crippen molar-refractivity contribution in [3.05, 3.63) is 29.3 Å². The molecular formula is C16H20BN2O2. The molecule has 1 heterocycles. The fourth-order valence-corrected chi connectivity index (χ4v) is 3.34. The number of hydrogen-bond donors (Lipinski definition) is 2. The summed E-state index contributed by atoms with van der Waals surface area (Å²) in [7, 11) is 0. The summed E-state index contributed by atoms with van der Waals surface area (Å²) in [5.74, 6) is 0.240. The van der Waals surface area contributed by atoms with Crippen LogP contribution in [0.5, 0.6) is 0 Å². The van der Waals surface area contributed by atoms with Crippen LogP contribution in [0.15, 0.2) is 18.2 Å². The van der Waals surface area contributed by atoms with Gasteiger partial charge in [0.05, 0.1) is 5.41 Å². The third-order valence-corrected chi connectivity index (χ3v) is 4.40. The van der Waals surface area contributed by atoms with E-state index in [0.29, 0.717) is 6.42 Å². The summed E-state index contributed by atoms with van der Waals surface area (Å²) in [5, 5.41) is 5.87. The van der Waals surface area contributed by atoms with Crippen LogP contribution in [0.3, 0.4) is 0 Å². The number of rotatable bonds is 3. The van der Waals surface area contributed by atoms with Gasteiger partial charge in [0, 0.05) is 27.1 Å². The van der Waals surface area contributed by atoms with Gasteiger partial charge in [-0.1, -0.05) is 13.0 Å². The Labute approximate surface area is 127 Å². The molecule has 2 amide bonds. The van der Waals surface area contributed by atoms with E-state index in [2.05, 4.69) is 16.7 Å². The zero-order chi connectivity index (χ0) is 14.2. The molecule has 1 aromatic carbocycles. The van der Waals surface area contributed by atoms with E-state index in [4.69, 9.17) is 0 Å². The lowest BCUT2D eigenvalue weighted by Gasteiger charge is -2.17. The third-order valence-electron chi connectivity index (χ3n) is 4.40. The van der Waals surface area contributed by atoms with Crippen LogP contribution in [0.4, 0.5) is 5.69 Å². The highest BCUT2D eigenvalue weighted by molar-refractivity contribution is 5.91. The van der Waals surface area contributed by atoms with Gasteiger partial charge in [0.1, 0.15) is 0 Å². The lowest BCUT2D eigenvalue weighted by atomic mass is 9.83. The minimum absolute atomic E-state index is 0. The fraction of sp³-hybridized carbons (Fsp3) is 0.500. The number of anilines is 1. The number of benzene rings is 1. The molecule has 1 aromatic rings. The number of nitrogens with one attached hydrogen (secondary N) is 2. The Kier molecular flexibility index (Phi) is 4.40. The summed E-state index contributed by atoms with van der Waals surface area (Å²) in [5.41, 5.74) is 3.07. The second-order valence-corrected chi connectivity index (χ2v) is 5.92. The van der Waals surface area contributed by atoms with Crippen LogP contribution in [0.1, 0.15) is 37.3 Å². The molecule has 0 bridgehead atoms. The van der Waals surface area contributed by atoms with Crippen molar-refractivity contribution in [3.63, 3.8) is 0 Å². The molecule has 1 aliphatic heterocycles. The third kappa shape index (κ3) is 2.82. The summed E-state index contributed by atoms with van der Waals surface area (Å²) in [6.45, 7) is 2.78. The Hall–Kier alpha value is -1.78. The Morgan fingerprint density at radius 1 is 1.33 bits per heavy atom. The van der Waals surface area contributed by atoms with Crippen LogP contribution in [0, 0.1) is 5.41 Å². The molecule has 2 N–H and O–H groups in total. The Balaban J connectivity index is 0.00000161. The molecule has 1 aliphatic carbocycles. The number of carbonyl (C=O) groups excluding carboxylic acids is 2. The average Bonchev–Trinajstić information content (AvgIpc) is 2.93. The van der Waals surface area contributed by atoms with Crippen molar-refractivity contribution < 1.29 is 9.59 Å². The van der Waals surface area contributed by atoms with Gasteiger partial charge in [0.2, 0.25) is 11.8 Å². The maximum absolute atomic E-state index is 12.0. The van der Waals surface area contributed by atoms with Crippen LogP contribution >= 0.6 is 0 Å². The maximum atomic E-state index is 12.0. The van der Waals surface area contributed by atoms with Crippen LogP contribution in [-0.4, -0.2) is 26.8 Å². The molecule has 1 unspecified atom stereocenters. The van der Waals surface area contributed by atoms with Gasteiger partial charge in [-0.3, -0.25) is 9.59 Å². The van der Waals surface area contributed by atoms with Gasteiger partial charge in [-0.2, -0.15) is 0 Å². The van der Waals surface area contributed by atoms with Crippen LogP contribution in [0.25, 0.3) is 0 Å². The van der Waals surface area contributed by atoms with Crippen molar-refractivity contribution in [2.75, 3.05) is 11.9 Å². The molecule has 1 saturated heterocycles. The number of carbonyl (C=O) groups is 2. The average molecular weight is 283 g/mol. The van der Waals surface area contributed by atoms with Gasteiger partial charge < -0.3 is 10.6 Å². The number of fused-ring (bicyclic) bond motifs is 1. The Morgan fingerprint density at radius 2 is 2.10 bits per heavy atom. The molecule has 109 valence electrons. The largest absolute Gasteiger partial charge is 0.356 e. The molecule has 3 radical (unpaired) electrons. The SMILES string of the molecule is CCCC(=O)Nc1ccc2c(c1)CC1(CCNC1=O)C2.[B]. The minimum Gasteiger partial charge on any atom is -0.356 e. The highest BCUT2D eigenvalue weighted by Crippen LogP contribution is 2.42. The van der Waals surface area contributed by atoms with E-state index in [1.807, 2.05) is 19.1 Å². The standard InChI is InChI=1S/C16H20N2O2.B/c1-2-3-14(19)18-13-5-4-11-9-16(10-12(11)8-13)6-7-17-15(16)20;/h4-5,8H,2-3,6-7,9-10H2,1H3,(H,17,20)(H,18,19);. The molecule has 21 heavy (non-hydrogen) atoms. The molecule has 1 atom stereocenters. The van der Waals surface area contributed by atoms with E-state index in [1.54, 1.807) is 0 Å². The van der Waals surface area contributed by atoms with Crippen LogP contribution < -0.4 is 10.6 Å². The monoisotopic (exact) mass is 283 g/mol. The zero-order valence-electron chi connectivity index (χ0n) is 12.4. The Bertz CT molecular complexity index is 573. The number of amides is 2. The van der Waals surface area contributed by atoms with E-state index < -0.39 is 0 Å². The van der Waals surface area contributed by atoms with Crippen molar-refractivity contribution in [1.29, 1.82) is 0 Å². The first-order valence-electron chi connectivity index (χ1n) is 7.33. The number of hydrogen-bond acceptors (Lipinski definition) is 2. The summed E-state index contributed by atoms with van der Waals surface area (Å²) in [6, 6.07) is 6.03. The first-order valence-corrected chi connectivity index (χ1v) is 7.33. The van der Waals surface area contributed by atoms with Crippen LogP contribution in [0.2, 0.25) is 0 Å². The van der Waals surface area contributed by atoms with Crippen molar-refractivity contribution in [2.24, 2.45) is 5.41 Å². The lowest BCUT2D eigenvalue weighted by molar-refractivity contribution is -0.127. The summed E-state index contributed by atoms with van der Waals surface area (Å²) in [6.07, 6.45) is 3.94. The molecule has 1 spiro atoms. The topological polar surface area (TPSA) is 58.2 Å². The van der Waals surface area contributed by atoms with E-state index in [0.717, 1.165) is 37.9 Å². The molecular weight excluding hydrogens is 263 g/mol. The molecule has 0 saturated carbocycles. The fourth-order valence-electron chi connectivity index (χ4n) is 3.34.